The molecule has 2 rings (SSSR count). The van der Waals surface area contributed by atoms with Crippen LogP contribution in [0.2, 0.25) is 0 Å². The van der Waals surface area contributed by atoms with Gasteiger partial charge in [0.25, 0.3) is 5.56 Å². The number of rotatable bonds is 8. The molecule has 0 spiro atoms. The summed E-state index contributed by atoms with van der Waals surface area (Å²) < 4.78 is 7.16. The number of methoxy groups -OCH3 is 1. The topological polar surface area (TPSA) is 43.3 Å². The highest BCUT2D eigenvalue weighted by Crippen LogP contribution is 2.21. The quantitative estimate of drug-likeness (QED) is 0.751. The molecule has 1 aromatic rings. The second-order valence-corrected chi connectivity index (χ2v) is 6.34. The van der Waals surface area contributed by atoms with E-state index in [1.54, 1.807) is 7.11 Å². The SMILES string of the molecule is CCC(C)NCc1cc2c(n(CCCOC)c1=O)CCCC2. The number of aromatic nitrogens is 1. The zero-order valence-electron chi connectivity index (χ0n) is 14.3. The summed E-state index contributed by atoms with van der Waals surface area (Å²) >= 11 is 0. The van der Waals surface area contributed by atoms with Crippen LogP contribution < -0.4 is 10.9 Å². The standard InChI is InChI=1S/C18H30N2O2/c1-4-14(2)19-13-16-12-15-8-5-6-9-17(15)20(18(16)21)10-7-11-22-3/h12,14,19H,4-11,13H2,1-3H3. The van der Waals surface area contributed by atoms with Crippen molar-refractivity contribution >= 4 is 0 Å². The lowest BCUT2D eigenvalue weighted by Crippen LogP contribution is -2.34. The minimum atomic E-state index is 0.188. The predicted molar refractivity (Wildman–Crippen MR) is 90.4 cm³/mol. The molecule has 0 saturated carbocycles. The van der Waals surface area contributed by atoms with Crippen molar-refractivity contribution in [2.75, 3.05) is 13.7 Å². The number of aryl methyl sites for hydroxylation is 1. The van der Waals surface area contributed by atoms with E-state index in [0.29, 0.717) is 19.2 Å². The molecule has 0 aromatic carbocycles. The van der Waals surface area contributed by atoms with Gasteiger partial charge in [0, 0.05) is 44.1 Å². The fraction of sp³-hybridized carbons (Fsp3) is 0.722. The first-order valence-corrected chi connectivity index (χ1v) is 8.64. The Bertz CT molecular complexity index is 537. The van der Waals surface area contributed by atoms with Crippen LogP contribution in [0.3, 0.4) is 0 Å². The van der Waals surface area contributed by atoms with E-state index in [9.17, 15) is 4.79 Å². The molecule has 1 aliphatic carbocycles. The fourth-order valence-electron chi connectivity index (χ4n) is 3.10. The first kappa shape index (κ1) is 17.2. The van der Waals surface area contributed by atoms with Crippen molar-refractivity contribution in [3.63, 3.8) is 0 Å². The van der Waals surface area contributed by atoms with Crippen LogP contribution in [0.4, 0.5) is 0 Å². The molecule has 0 saturated heterocycles. The van der Waals surface area contributed by atoms with E-state index in [1.807, 2.05) is 4.57 Å². The van der Waals surface area contributed by atoms with Crippen molar-refractivity contribution in [2.24, 2.45) is 0 Å². The minimum Gasteiger partial charge on any atom is -0.385 e. The summed E-state index contributed by atoms with van der Waals surface area (Å²) in [5.74, 6) is 0. The normalized spacial score (nSPS) is 15.6. The van der Waals surface area contributed by atoms with Gasteiger partial charge in [-0.15, -0.1) is 0 Å². The Hall–Kier alpha value is -1.13. The van der Waals surface area contributed by atoms with Crippen LogP contribution in [-0.4, -0.2) is 24.3 Å². The van der Waals surface area contributed by atoms with Crippen LogP contribution >= 0.6 is 0 Å². The largest absolute Gasteiger partial charge is 0.385 e. The third kappa shape index (κ3) is 4.20. The van der Waals surface area contributed by atoms with Crippen LogP contribution in [0.15, 0.2) is 10.9 Å². The van der Waals surface area contributed by atoms with Crippen molar-refractivity contribution in [3.8, 4) is 0 Å². The fourth-order valence-corrected chi connectivity index (χ4v) is 3.10. The second-order valence-electron chi connectivity index (χ2n) is 6.34. The molecule has 0 bridgehead atoms. The molecule has 1 N–H and O–H groups in total. The average molecular weight is 306 g/mol. The Morgan fingerprint density at radius 1 is 1.36 bits per heavy atom. The summed E-state index contributed by atoms with van der Waals surface area (Å²) in [5, 5.41) is 3.45. The lowest BCUT2D eigenvalue weighted by Gasteiger charge is -2.23. The van der Waals surface area contributed by atoms with Crippen LogP contribution in [0.5, 0.6) is 0 Å². The van der Waals surface area contributed by atoms with E-state index >= 15 is 0 Å². The Morgan fingerprint density at radius 3 is 2.86 bits per heavy atom. The molecule has 4 nitrogen and oxygen atoms in total. The van der Waals surface area contributed by atoms with Gasteiger partial charge in [-0.3, -0.25) is 4.79 Å². The highest BCUT2D eigenvalue weighted by atomic mass is 16.5. The Balaban J connectivity index is 2.26. The number of pyridine rings is 1. The number of ether oxygens (including phenoxy) is 1. The van der Waals surface area contributed by atoms with Crippen molar-refractivity contribution in [2.45, 2.75) is 71.5 Å². The molecule has 0 amide bonds. The summed E-state index contributed by atoms with van der Waals surface area (Å²) in [6.07, 6.45) is 6.55. The molecular weight excluding hydrogens is 276 g/mol. The first-order valence-electron chi connectivity index (χ1n) is 8.64. The average Bonchev–Trinajstić information content (AvgIpc) is 2.55. The van der Waals surface area contributed by atoms with Crippen molar-refractivity contribution < 1.29 is 4.74 Å². The number of hydrogen-bond donors (Lipinski definition) is 1. The highest BCUT2D eigenvalue weighted by Gasteiger charge is 2.17. The van der Waals surface area contributed by atoms with Crippen molar-refractivity contribution in [1.29, 1.82) is 0 Å². The molecule has 124 valence electrons. The van der Waals surface area contributed by atoms with Gasteiger partial charge in [-0.1, -0.05) is 6.92 Å². The lowest BCUT2D eigenvalue weighted by molar-refractivity contribution is 0.189. The second kappa shape index (κ2) is 8.49. The third-order valence-electron chi connectivity index (χ3n) is 4.66. The molecule has 0 radical (unpaired) electrons. The van der Waals surface area contributed by atoms with Gasteiger partial charge in [0.15, 0.2) is 0 Å². The first-order chi connectivity index (χ1) is 10.7. The van der Waals surface area contributed by atoms with E-state index in [0.717, 1.165) is 37.8 Å². The lowest BCUT2D eigenvalue weighted by atomic mass is 9.94. The zero-order chi connectivity index (χ0) is 15.9. The van der Waals surface area contributed by atoms with Crippen molar-refractivity contribution in [1.82, 2.24) is 9.88 Å². The maximum absolute atomic E-state index is 12.8. The van der Waals surface area contributed by atoms with Gasteiger partial charge in [0.1, 0.15) is 0 Å². The van der Waals surface area contributed by atoms with Gasteiger partial charge in [-0.25, -0.2) is 0 Å². The Morgan fingerprint density at radius 2 is 2.14 bits per heavy atom. The Labute approximate surface area is 133 Å². The maximum atomic E-state index is 12.8. The molecule has 22 heavy (non-hydrogen) atoms. The molecule has 1 aliphatic rings. The summed E-state index contributed by atoms with van der Waals surface area (Å²) in [5.41, 5.74) is 3.75. The molecule has 0 fully saturated rings. The number of hydrogen-bond acceptors (Lipinski definition) is 3. The molecule has 4 heteroatoms. The zero-order valence-corrected chi connectivity index (χ0v) is 14.3. The summed E-state index contributed by atoms with van der Waals surface area (Å²) in [4.78, 5) is 12.8. The van der Waals surface area contributed by atoms with E-state index < -0.39 is 0 Å². The van der Waals surface area contributed by atoms with Gasteiger partial charge in [-0.05, 0) is 57.1 Å². The highest BCUT2D eigenvalue weighted by molar-refractivity contribution is 5.29. The molecule has 1 unspecified atom stereocenters. The number of nitrogens with zero attached hydrogens (tertiary/aromatic N) is 1. The predicted octanol–water partition coefficient (Wildman–Crippen LogP) is 2.65. The van der Waals surface area contributed by atoms with Crippen LogP contribution in [0.1, 0.15) is 56.4 Å². The maximum Gasteiger partial charge on any atom is 0.255 e. The van der Waals surface area contributed by atoms with Gasteiger partial charge in [0.05, 0.1) is 0 Å². The van der Waals surface area contributed by atoms with Crippen molar-refractivity contribution in [3.05, 3.63) is 33.2 Å². The van der Waals surface area contributed by atoms with E-state index in [2.05, 4.69) is 25.2 Å². The van der Waals surface area contributed by atoms with Crippen LogP contribution in [0.25, 0.3) is 0 Å². The Kier molecular flexibility index (Phi) is 6.65. The third-order valence-corrected chi connectivity index (χ3v) is 4.66. The summed E-state index contributed by atoms with van der Waals surface area (Å²) in [7, 11) is 1.71. The molecule has 0 aliphatic heterocycles. The smallest absolute Gasteiger partial charge is 0.255 e. The molecule has 1 heterocycles. The van der Waals surface area contributed by atoms with Gasteiger partial charge < -0.3 is 14.6 Å². The van der Waals surface area contributed by atoms with Gasteiger partial charge in [-0.2, -0.15) is 0 Å². The summed E-state index contributed by atoms with van der Waals surface area (Å²) in [6.45, 7) is 6.47. The van der Waals surface area contributed by atoms with Crippen LogP contribution in [-0.2, 0) is 30.7 Å². The molecule has 1 atom stereocenters. The van der Waals surface area contributed by atoms with Gasteiger partial charge in [0.2, 0.25) is 0 Å². The van der Waals surface area contributed by atoms with Crippen LogP contribution in [0, 0.1) is 0 Å². The molecular formula is C18H30N2O2. The van der Waals surface area contributed by atoms with E-state index in [4.69, 9.17) is 4.74 Å². The monoisotopic (exact) mass is 306 g/mol. The molecule has 1 aromatic heterocycles. The number of nitrogens with one attached hydrogen (secondary N) is 1. The van der Waals surface area contributed by atoms with E-state index in [1.165, 1.54) is 24.1 Å². The minimum absolute atomic E-state index is 0.188. The van der Waals surface area contributed by atoms with Gasteiger partial charge >= 0.3 is 0 Å². The number of fused-ring (bicyclic) bond motifs is 1. The summed E-state index contributed by atoms with van der Waals surface area (Å²) in [6, 6.07) is 2.59. The van der Waals surface area contributed by atoms with E-state index in [-0.39, 0.29) is 5.56 Å².